The van der Waals surface area contributed by atoms with E-state index in [1.165, 1.54) is 0 Å². The summed E-state index contributed by atoms with van der Waals surface area (Å²) in [7, 11) is 0. The Morgan fingerprint density at radius 3 is 2.53 bits per heavy atom. The monoisotopic (exact) mass is 251 g/mol. The molecule has 6 heteroatoms. The Hall–Kier alpha value is -1.19. The average Bonchev–Trinajstić information content (AvgIpc) is 2.78. The second kappa shape index (κ2) is 5.43. The van der Waals surface area contributed by atoms with Gasteiger partial charge >= 0.3 is 0 Å². The van der Waals surface area contributed by atoms with E-state index >= 15 is 0 Å². The number of aromatic nitrogens is 2. The first kappa shape index (κ1) is 12.3. The molecule has 0 saturated carbocycles. The van der Waals surface area contributed by atoms with Gasteiger partial charge in [-0.2, -0.15) is 5.26 Å². The second-order valence-electron chi connectivity index (χ2n) is 4.18. The molecule has 1 fully saturated rings. The van der Waals surface area contributed by atoms with Crippen molar-refractivity contribution in [1.29, 1.82) is 5.26 Å². The maximum Gasteiger partial charge on any atom is 0.208 e. The molecule has 1 aromatic heterocycles. The van der Waals surface area contributed by atoms with Crippen molar-refractivity contribution >= 4 is 16.5 Å². The molecule has 2 heterocycles. The highest BCUT2D eigenvalue weighted by Gasteiger charge is 2.23. The molecule has 0 N–H and O–H groups in total. The summed E-state index contributed by atoms with van der Waals surface area (Å²) in [6.45, 7) is 7.78. The van der Waals surface area contributed by atoms with Gasteiger partial charge in [0.15, 0.2) is 0 Å². The quantitative estimate of drug-likeness (QED) is 0.809. The van der Waals surface area contributed by atoms with Crippen LogP contribution in [0.15, 0.2) is 0 Å². The number of aryl methyl sites for hydroxylation is 1. The summed E-state index contributed by atoms with van der Waals surface area (Å²) < 4.78 is 0. The third-order valence-corrected chi connectivity index (χ3v) is 3.98. The number of piperazine rings is 1. The van der Waals surface area contributed by atoms with Crippen LogP contribution in [0.1, 0.15) is 18.4 Å². The van der Waals surface area contributed by atoms with Gasteiger partial charge in [-0.1, -0.05) is 18.3 Å². The van der Waals surface area contributed by atoms with Crippen molar-refractivity contribution in [1.82, 2.24) is 15.1 Å². The van der Waals surface area contributed by atoms with Crippen LogP contribution in [0.5, 0.6) is 0 Å². The molecule has 0 aromatic carbocycles. The predicted octanol–water partition coefficient (Wildman–Crippen LogP) is 1.27. The van der Waals surface area contributed by atoms with Gasteiger partial charge in [0.2, 0.25) is 5.13 Å². The summed E-state index contributed by atoms with van der Waals surface area (Å²) in [5, 5.41) is 19.3. The van der Waals surface area contributed by atoms with Crippen LogP contribution in [0.3, 0.4) is 0 Å². The van der Waals surface area contributed by atoms with Crippen molar-refractivity contribution in [2.45, 2.75) is 26.3 Å². The van der Waals surface area contributed by atoms with E-state index in [4.69, 9.17) is 5.26 Å². The molecule has 1 aliphatic rings. The molecule has 92 valence electrons. The molecular weight excluding hydrogens is 234 g/mol. The van der Waals surface area contributed by atoms with E-state index in [-0.39, 0.29) is 6.04 Å². The smallest absolute Gasteiger partial charge is 0.208 e. The number of hydrogen-bond acceptors (Lipinski definition) is 6. The maximum absolute atomic E-state index is 9.04. The molecule has 0 amide bonds. The molecule has 0 radical (unpaired) electrons. The van der Waals surface area contributed by atoms with Gasteiger partial charge in [0, 0.05) is 26.2 Å². The van der Waals surface area contributed by atoms with Crippen molar-refractivity contribution in [3.8, 4) is 6.07 Å². The van der Waals surface area contributed by atoms with Crippen LogP contribution >= 0.6 is 11.3 Å². The minimum atomic E-state index is 0.0632. The van der Waals surface area contributed by atoms with Crippen LogP contribution in [0.25, 0.3) is 0 Å². The van der Waals surface area contributed by atoms with Gasteiger partial charge in [0.05, 0.1) is 12.1 Å². The third kappa shape index (κ3) is 2.73. The lowest BCUT2D eigenvalue weighted by molar-refractivity contribution is 0.216. The molecule has 1 unspecified atom stereocenters. The van der Waals surface area contributed by atoms with E-state index in [1.807, 2.05) is 6.92 Å². The summed E-state index contributed by atoms with van der Waals surface area (Å²) >= 11 is 1.64. The van der Waals surface area contributed by atoms with Crippen LogP contribution in [0.4, 0.5) is 5.13 Å². The van der Waals surface area contributed by atoms with Crippen LogP contribution in [-0.4, -0.2) is 47.3 Å². The van der Waals surface area contributed by atoms with Gasteiger partial charge in [-0.25, -0.2) is 0 Å². The number of hydrogen-bond donors (Lipinski definition) is 0. The fourth-order valence-electron chi connectivity index (χ4n) is 2.07. The number of nitrogens with zero attached hydrogens (tertiary/aromatic N) is 5. The summed E-state index contributed by atoms with van der Waals surface area (Å²) in [6.07, 6.45) is 0.897. The van der Waals surface area contributed by atoms with Gasteiger partial charge in [-0.3, -0.25) is 4.90 Å². The first-order valence-electron chi connectivity index (χ1n) is 5.93. The Kier molecular flexibility index (Phi) is 3.92. The second-order valence-corrected chi connectivity index (χ2v) is 5.34. The Balaban J connectivity index is 1.92. The standard InChI is InChI=1S/C11H17N5S/c1-3-10(8-12)15-4-6-16(7-5-15)11-14-13-9(2)17-11/h10H,3-7H2,1-2H3. The first-order chi connectivity index (χ1) is 8.24. The lowest BCUT2D eigenvalue weighted by atomic mass is 10.2. The summed E-state index contributed by atoms with van der Waals surface area (Å²) in [4.78, 5) is 4.51. The van der Waals surface area contributed by atoms with Crippen molar-refractivity contribution in [2.24, 2.45) is 0 Å². The highest BCUT2D eigenvalue weighted by molar-refractivity contribution is 7.15. The van der Waals surface area contributed by atoms with Crippen molar-refractivity contribution in [2.75, 3.05) is 31.1 Å². The minimum Gasteiger partial charge on any atom is -0.344 e. The molecule has 17 heavy (non-hydrogen) atoms. The van der Waals surface area contributed by atoms with Gasteiger partial charge in [0.25, 0.3) is 0 Å². The largest absolute Gasteiger partial charge is 0.344 e. The van der Waals surface area contributed by atoms with E-state index < -0.39 is 0 Å². The molecule has 0 aliphatic carbocycles. The predicted molar refractivity (Wildman–Crippen MR) is 68.1 cm³/mol. The summed E-state index contributed by atoms with van der Waals surface area (Å²) in [5.41, 5.74) is 0. The zero-order chi connectivity index (χ0) is 12.3. The van der Waals surface area contributed by atoms with Gasteiger partial charge in [-0.15, -0.1) is 10.2 Å². The molecule has 0 spiro atoms. The number of anilines is 1. The van der Waals surface area contributed by atoms with Crippen molar-refractivity contribution < 1.29 is 0 Å². The highest BCUT2D eigenvalue weighted by atomic mass is 32.1. The fourth-order valence-corrected chi connectivity index (χ4v) is 2.81. The lowest BCUT2D eigenvalue weighted by Crippen LogP contribution is -2.49. The van der Waals surface area contributed by atoms with Gasteiger partial charge in [0.1, 0.15) is 5.01 Å². The molecule has 1 aromatic rings. The SMILES string of the molecule is CCC(C#N)N1CCN(c2nnc(C)s2)CC1. The fraction of sp³-hybridized carbons (Fsp3) is 0.727. The summed E-state index contributed by atoms with van der Waals surface area (Å²) in [6, 6.07) is 2.43. The first-order valence-corrected chi connectivity index (χ1v) is 6.75. The van der Waals surface area contributed by atoms with Crippen LogP contribution in [0, 0.1) is 18.3 Å². The molecule has 1 saturated heterocycles. The molecule has 0 bridgehead atoms. The van der Waals surface area contributed by atoms with Gasteiger partial charge in [-0.05, 0) is 13.3 Å². The van der Waals surface area contributed by atoms with Crippen LogP contribution in [0.2, 0.25) is 0 Å². The lowest BCUT2D eigenvalue weighted by Gasteiger charge is -2.36. The topological polar surface area (TPSA) is 56.1 Å². The van der Waals surface area contributed by atoms with E-state index in [9.17, 15) is 0 Å². The zero-order valence-electron chi connectivity index (χ0n) is 10.3. The highest BCUT2D eigenvalue weighted by Crippen LogP contribution is 2.21. The maximum atomic E-state index is 9.04. The van der Waals surface area contributed by atoms with E-state index in [2.05, 4.69) is 33.0 Å². The van der Waals surface area contributed by atoms with Crippen molar-refractivity contribution in [3.63, 3.8) is 0 Å². The third-order valence-electron chi connectivity index (χ3n) is 3.08. The Labute approximate surface area is 106 Å². The Bertz CT molecular complexity index is 402. The molecule has 5 nitrogen and oxygen atoms in total. The summed E-state index contributed by atoms with van der Waals surface area (Å²) in [5.74, 6) is 0. The van der Waals surface area contributed by atoms with E-state index in [0.29, 0.717) is 0 Å². The Morgan fingerprint density at radius 1 is 1.35 bits per heavy atom. The molecule has 1 aliphatic heterocycles. The van der Waals surface area contributed by atoms with E-state index in [1.54, 1.807) is 11.3 Å². The molecule has 2 rings (SSSR count). The van der Waals surface area contributed by atoms with Crippen LogP contribution < -0.4 is 4.90 Å². The molecule has 1 atom stereocenters. The van der Waals surface area contributed by atoms with Gasteiger partial charge < -0.3 is 4.90 Å². The van der Waals surface area contributed by atoms with E-state index in [0.717, 1.165) is 42.7 Å². The molecular formula is C11H17N5S. The zero-order valence-corrected chi connectivity index (χ0v) is 11.1. The number of rotatable bonds is 3. The normalized spacial score (nSPS) is 19.0. The Morgan fingerprint density at radius 2 is 2.06 bits per heavy atom. The van der Waals surface area contributed by atoms with Crippen LogP contribution in [-0.2, 0) is 0 Å². The average molecular weight is 251 g/mol. The van der Waals surface area contributed by atoms with Crippen molar-refractivity contribution in [3.05, 3.63) is 5.01 Å². The minimum absolute atomic E-state index is 0.0632. The number of nitriles is 1.